The first-order valence-corrected chi connectivity index (χ1v) is 7.36. The highest BCUT2D eigenvalue weighted by Gasteiger charge is 2.18. The molecule has 0 atom stereocenters. The van der Waals surface area contributed by atoms with Crippen molar-refractivity contribution in [2.75, 3.05) is 7.11 Å². The molecule has 3 nitrogen and oxygen atoms in total. The smallest absolute Gasteiger partial charge is 0.337 e. The van der Waals surface area contributed by atoms with Gasteiger partial charge in [0, 0.05) is 11.6 Å². The minimum Gasteiger partial charge on any atom is -0.465 e. The lowest BCUT2D eigenvalue weighted by Gasteiger charge is -2.12. The average molecular weight is 327 g/mol. The van der Waals surface area contributed by atoms with Crippen molar-refractivity contribution >= 4 is 16.9 Å². The summed E-state index contributed by atoms with van der Waals surface area (Å²) in [7, 11) is 1.28. The van der Waals surface area contributed by atoms with Gasteiger partial charge in [0.15, 0.2) is 0 Å². The lowest BCUT2D eigenvalue weighted by molar-refractivity contribution is 0.0601. The topological polar surface area (TPSA) is 39.2 Å². The van der Waals surface area contributed by atoms with Gasteiger partial charge in [-0.25, -0.2) is 13.6 Å². The van der Waals surface area contributed by atoms with Crippen molar-refractivity contribution in [2.45, 2.75) is 13.8 Å². The third-order valence-corrected chi connectivity index (χ3v) is 3.91. The number of esters is 1. The molecule has 24 heavy (non-hydrogen) atoms. The second kappa shape index (κ2) is 6.00. The number of ether oxygens (including phenoxy) is 1. The van der Waals surface area contributed by atoms with E-state index in [9.17, 15) is 13.6 Å². The van der Waals surface area contributed by atoms with Crippen LogP contribution in [0.3, 0.4) is 0 Å². The fourth-order valence-corrected chi connectivity index (χ4v) is 2.84. The predicted octanol–water partition coefficient (Wildman–Crippen LogP) is 4.58. The molecule has 3 aromatic rings. The highest BCUT2D eigenvalue weighted by atomic mass is 19.1. The van der Waals surface area contributed by atoms with E-state index in [0.717, 1.165) is 5.56 Å². The van der Waals surface area contributed by atoms with Gasteiger partial charge in [-0.15, -0.1) is 0 Å². The zero-order valence-electron chi connectivity index (χ0n) is 13.5. The number of carbonyl (C=O) groups is 1. The van der Waals surface area contributed by atoms with Crippen LogP contribution in [0.25, 0.3) is 22.0 Å². The predicted molar refractivity (Wildman–Crippen MR) is 87.9 cm³/mol. The van der Waals surface area contributed by atoms with Crippen molar-refractivity contribution in [3.05, 3.63) is 64.9 Å². The summed E-state index contributed by atoms with van der Waals surface area (Å²) < 4.78 is 33.5. The fourth-order valence-electron chi connectivity index (χ4n) is 2.84. The summed E-state index contributed by atoms with van der Waals surface area (Å²) in [5, 5.41) is 0.500. The van der Waals surface area contributed by atoms with Gasteiger partial charge in [0.05, 0.1) is 23.8 Å². The Balaban J connectivity index is 2.37. The highest BCUT2D eigenvalue weighted by molar-refractivity contribution is 6.01. The van der Waals surface area contributed by atoms with Crippen LogP contribution < -0.4 is 0 Å². The van der Waals surface area contributed by atoms with E-state index < -0.39 is 17.6 Å². The van der Waals surface area contributed by atoms with E-state index >= 15 is 0 Å². The summed E-state index contributed by atoms with van der Waals surface area (Å²) >= 11 is 0. The molecule has 0 aliphatic heterocycles. The van der Waals surface area contributed by atoms with E-state index in [2.05, 4.69) is 4.98 Å². The molecule has 0 fully saturated rings. The van der Waals surface area contributed by atoms with Crippen molar-refractivity contribution in [1.29, 1.82) is 0 Å². The molecule has 0 unspecified atom stereocenters. The molecular formula is C19H15F2NO2. The summed E-state index contributed by atoms with van der Waals surface area (Å²) in [4.78, 5) is 16.1. The molecule has 0 N–H and O–H groups in total. The monoisotopic (exact) mass is 327 g/mol. The van der Waals surface area contributed by atoms with Gasteiger partial charge in [-0.3, -0.25) is 4.98 Å². The van der Waals surface area contributed by atoms with Gasteiger partial charge in [0.25, 0.3) is 0 Å². The maximum atomic E-state index is 14.4. The first kappa shape index (κ1) is 16.1. The number of aromatic nitrogens is 1. The summed E-state index contributed by atoms with van der Waals surface area (Å²) in [5.41, 5.74) is 2.34. The van der Waals surface area contributed by atoms with E-state index in [1.54, 1.807) is 32.0 Å². The molecule has 0 radical (unpaired) electrons. The Hall–Kier alpha value is -2.82. The molecule has 0 aliphatic carbocycles. The van der Waals surface area contributed by atoms with Crippen molar-refractivity contribution in [2.24, 2.45) is 0 Å². The van der Waals surface area contributed by atoms with E-state index in [1.165, 1.54) is 25.4 Å². The molecule has 1 aromatic heterocycles. The number of rotatable bonds is 2. The summed E-state index contributed by atoms with van der Waals surface area (Å²) in [6.07, 6.45) is 1.50. The van der Waals surface area contributed by atoms with Crippen molar-refractivity contribution in [1.82, 2.24) is 4.98 Å². The fraction of sp³-hybridized carbons (Fsp3) is 0.158. The summed E-state index contributed by atoms with van der Waals surface area (Å²) in [6, 6.07) is 7.30. The number of aryl methyl sites for hydroxylation is 2. The standard InChI is InChI=1S/C19H15F2NO2/c1-10-6-15(20)17(16(21)7-10)13-4-5-22-18-11(2)8-12(9-14(13)18)19(23)24-3/h4-9H,1-3H3. The van der Waals surface area contributed by atoms with Gasteiger partial charge in [0.2, 0.25) is 0 Å². The van der Waals surface area contributed by atoms with Crippen LogP contribution in [0.1, 0.15) is 21.5 Å². The minimum absolute atomic E-state index is 0.130. The number of hydrogen-bond donors (Lipinski definition) is 0. The number of fused-ring (bicyclic) bond motifs is 1. The van der Waals surface area contributed by atoms with Crippen LogP contribution in [-0.2, 0) is 4.74 Å². The van der Waals surface area contributed by atoms with Crippen LogP contribution >= 0.6 is 0 Å². The van der Waals surface area contributed by atoms with Gasteiger partial charge in [-0.2, -0.15) is 0 Å². The van der Waals surface area contributed by atoms with Crippen molar-refractivity contribution in [3.63, 3.8) is 0 Å². The first-order valence-electron chi connectivity index (χ1n) is 7.36. The van der Waals surface area contributed by atoms with Crippen LogP contribution in [0, 0.1) is 25.5 Å². The van der Waals surface area contributed by atoms with Crippen LogP contribution in [-0.4, -0.2) is 18.1 Å². The number of halogens is 2. The lowest BCUT2D eigenvalue weighted by atomic mass is 9.96. The van der Waals surface area contributed by atoms with Gasteiger partial charge in [0.1, 0.15) is 11.6 Å². The molecule has 0 aliphatic rings. The lowest BCUT2D eigenvalue weighted by Crippen LogP contribution is -2.03. The maximum absolute atomic E-state index is 14.4. The quantitative estimate of drug-likeness (QED) is 0.647. The van der Waals surface area contributed by atoms with Gasteiger partial charge in [-0.1, -0.05) is 0 Å². The number of benzene rings is 2. The minimum atomic E-state index is -0.652. The number of methoxy groups -OCH3 is 1. The number of pyridine rings is 1. The Labute approximate surface area is 137 Å². The van der Waals surface area contributed by atoms with E-state index in [0.29, 0.717) is 27.6 Å². The molecule has 0 saturated carbocycles. The normalized spacial score (nSPS) is 10.9. The van der Waals surface area contributed by atoms with Crippen molar-refractivity contribution < 1.29 is 18.3 Å². The Kier molecular flexibility index (Phi) is 4.01. The van der Waals surface area contributed by atoms with Gasteiger partial charge in [-0.05, 0) is 60.9 Å². The Morgan fingerprint density at radius 3 is 2.38 bits per heavy atom. The van der Waals surface area contributed by atoms with Gasteiger partial charge >= 0.3 is 5.97 Å². The number of hydrogen-bond acceptors (Lipinski definition) is 3. The molecular weight excluding hydrogens is 312 g/mol. The Morgan fingerprint density at radius 2 is 1.75 bits per heavy atom. The zero-order valence-corrected chi connectivity index (χ0v) is 13.5. The van der Waals surface area contributed by atoms with Gasteiger partial charge < -0.3 is 4.74 Å². The summed E-state index contributed by atoms with van der Waals surface area (Å²) in [6.45, 7) is 3.41. The van der Waals surface area contributed by atoms with E-state index in [-0.39, 0.29) is 5.56 Å². The molecule has 3 rings (SSSR count). The van der Waals surface area contributed by atoms with E-state index in [1.807, 2.05) is 0 Å². The van der Waals surface area contributed by atoms with Crippen LogP contribution in [0.15, 0.2) is 36.5 Å². The molecule has 0 bridgehead atoms. The Morgan fingerprint density at radius 1 is 1.08 bits per heavy atom. The molecule has 1 heterocycles. The van der Waals surface area contributed by atoms with E-state index in [4.69, 9.17) is 4.74 Å². The summed E-state index contributed by atoms with van der Waals surface area (Å²) in [5.74, 6) is -1.82. The third-order valence-electron chi connectivity index (χ3n) is 3.91. The molecule has 5 heteroatoms. The zero-order chi connectivity index (χ0) is 17.4. The largest absolute Gasteiger partial charge is 0.465 e. The first-order chi connectivity index (χ1) is 11.4. The number of carbonyl (C=O) groups excluding carboxylic acids is 1. The third kappa shape index (κ3) is 2.62. The maximum Gasteiger partial charge on any atom is 0.337 e. The SMILES string of the molecule is COC(=O)c1cc(C)c2nccc(-c3c(F)cc(C)cc3F)c2c1. The molecule has 122 valence electrons. The second-order valence-electron chi connectivity index (χ2n) is 5.64. The molecule has 2 aromatic carbocycles. The van der Waals surface area contributed by atoms with Crippen molar-refractivity contribution in [3.8, 4) is 11.1 Å². The van der Waals surface area contributed by atoms with Crippen LogP contribution in [0.5, 0.6) is 0 Å². The molecule has 0 saturated heterocycles. The molecule has 0 amide bonds. The Bertz CT molecular complexity index is 944. The average Bonchev–Trinajstić information content (AvgIpc) is 2.53. The van der Waals surface area contributed by atoms with Crippen LogP contribution in [0.4, 0.5) is 8.78 Å². The second-order valence-corrected chi connectivity index (χ2v) is 5.64. The van der Waals surface area contributed by atoms with Crippen LogP contribution in [0.2, 0.25) is 0 Å². The number of nitrogens with zero attached hydrogens (tertiary/aromatic N) is 1. The highest BCUT2D eigenvalue weighted by Crippen LogP contribution is 2.34. The molecule has 0 spiro atoms.